The van der Waals surface area contributed by atoms with Gasteiger partial charge in [0.1, 0.15) is 5.82 Å². The minimum absolute atomic E-state index is 0.173. The predicted molar refractivity (Wildman–Crippen MR) is 73.5 cm³/mol. The number of nitrogens with one attached hydrogen (secondary N) is 1. The molecule has 0 radical (unpaired) electrons. The molecule has 1 aliphatic heterocycles. The lowest BCUT2D eigenvalue weighted by Gasteiger charge is -2.31. The largest absolute Gasteiger partial charge is 0.317 e. The van der Waals surface area contributed by atoms with Gasteiger partial charge >= 0.3 is 0 Å². The second kappa shape index (κ2) is 6.00. The third kappa shape index (κ3) is 3.22. The SMILES string of the molecule is Cc1cc(Cl)c(CN(C)C2CCNCC2)cc1F. The van der Waals surface area contributed by atoms with E-state index in [0.29, 0.717) is 23.2 Å². The summed E-state index contributed by atoms with van der Waals surface area (Å²) < 4.78 is 13.6. The molecule has 0 unspecified atom stereocenters. The van der Waals surface area contributed by atoms with E-state index in [1.165, 1.54) is 0 Å². The first-order chi connectivity index (χ1) is 8.58. The lowest BCUT2D eigenvalue weighted by atomic mass is 10.0. The number of halogens is 2. The summed E-state index contributed by atoms with van der Waals surface area (Å²) in [7, 11) is 2.09. The van der Waals surface area contributed by atoms with Crippen LogP contribution < -0.4 is 5.32 Å². The Balaban J connectivity index is 2.06. The first-order valence-corrected chi connectivity index (χ1v) is 6.81. The summed E-state index contributed by atoms with van der Waals surface area (Å²) in [6.45, 7) is 4.57. The van der Waals surface area contributed by atoms with E-state index >= 15 is 0 Å². The van der Waals surface area contributed by atoms with Gasteiger partial charge in [0.25, 0.3) is 0 Å². The van der Waals surface area contributed by atoms with Gasteiger partial charge < -0.3 is 5.32 Å². The van der Waals surface area contributed by atoms with E-state index in [0.717, 1.165) is 31.5 Å². The van der Waals surface area contributed by atoms with E-state index < -0.39 is 0 Å². The van der Waals surface area contributed by atoms with Crippen molar-refractivity contribution in [1.29, 1.82) is 0 Å². The van der Waals surface area contributed by atoms with Crippen molar-refractivity contribution in [3.05, 3.63) is 34.1 Å². The van der Waals surface area contributed by atoms with E-state index in [-0.39, 0.29) is 5.82 Å². The lowest BCUT2D eigenvalue weighted by molar-refractivity contribution is 0.191. The quantitative estimate of drug-likeness (QED) is 0.908. The molecule has 2 rings (SSSR count). The Morgan fingerprint density at radius 2 is 2.06 bits per heavy atom. The highest BCUT2D eigenvalue weighted by molar-refractivity contribution is 6.31. The molecule has 0 amide bonds. The highest BCUT2D eigenvalue weighted by Gasteiger charge is 2.18. The van der Waals surface area contributed by atoms with Gasteiger partial charge in [-0.25, -0.2) is 4.39 Å². The molecular formula is C14H20ClFN2. The van der Waals surface area contributed by atoms with Crippen molar-refractivity contribution in [2.75, 3.05) is 20.1 Å². The topological polar surface area (TPSA) is 15.3 Å². The molecule has 1 fully saturated rings. The molecule has 1 heterocycles. The number of aryl methyl sites for hydroxylation is 1. The standard InChI is InChI=1S/C14H20ClFN2/c1-10-7-13(15)11(8-14(10)16)9-18(2)12-3-5-17-6-4-12/h7-8,12,17H,3-6,9H2,1-2H3. The van der Waals surface area contributed by atoms with Crippen LogP contribution in [0, 0.1) is 12.7 Å². The van der Waals surface area contributed by atoms with Crippen LogP contribution in [0.3, 0.4) is 0 Å². The molecule has 1 aromatic carbocycles. The number of benzene rings is 1. The van der Waals surface area contributed by atoms with Gasteiger partial charge in [0.2, 0.25) is 0 Å². The normalized spacial score (nSPS) is 17.4. The minimum Gasteiger partial charge on any atom is -0.317 e. The molecule has 0 atom stereocenters. The Kier molecular flexibility index (Phi) is 4.60. The molecule has 1 aliphatic rings. The zero-order valence-corrected chi connectivity index (χ0v) is 11.7. The average Bonchev–Trinajstić information content (AvgIpc) is 2.37. The third-order valence-corrected chi connectivity index (χ3v) is 4.03. The van der Waals surface area contributed by atoms with Crippen molar-refractivity contribution in [3.8, 4) is 0 Å². The van der Waals surface area contributed by atoms with Crippen molar-refractivity contribution in [3.63, 3.8) is 0 Å². The van der Waals surface area contributed by atoms with Gasteiger partial charge in [-0.2, -0.15) is 0 Å². The summed E-state index contributed by atoms with van der Waals surface area (Å²) in [5.74, 6) is -0.173. The van der Waals surface area contributed by atoms with E-state index in [1.807, 2.05) is 0 Å². The van der Waals surface area contributed by atoms with Gasteiger partial charge in [-0.3, -0.25) is 4.90 Å². The highest BCUT2D eigenvalue weighted by atomic mass is 35.5. The van der Waals surface area contributed by atoms with Crippen LogP contribution in [0.4, 0.5) is 4.39 Å². The van der Waals surface area contributed by atoms with Gasteiger partial charge in [0.05, 0.1) is 0 Å². The smallest absolute Gasteiger partial charge is 0.126 e. The molecule has 0 aliphatic carbocycles. The molecule has 1 aromatic rings. The lowest BCUT2D eigenvalue weighted by Crippen LogP contribution is -2.40. The second-order valence-electron chi connectivity index (χ2n) is 5.09. The van der Waals surface area contributed by atoms with Crippen LogP contribution >= 0.6 is 11.6 Å². The summed E-state index contributed by atoms with van der Waals surface area (Å²) in [5, 5.41) is 4.01. The minimum atomic E-state index is -0.173. The first-order valence-electron chi connectivity index (χ1n) is 6.43. The maximum absolute atomic E-state index is 13.6. The summed E-state index contributed by atoms with van der Waals surface area (Å²) in [6.07, 6.45) is 2.28. The first kappa shape index (κ1) is 13.8. The number of hydrogen-bond acceptors (Lipinski definition) is 2. The fraction of sp³-hybridized carbons (Fsp3) is 0.571. The van der Waals surface area contributed by atoms with Crippen LogP contribution in [0.25, 0.3) is 0 Å². The monoisotopic (exact) mass is 270 g/mol. The molecule has 0 spiro atoms. The number of piperidine rings is 1. The zero-order valence-electron chi connectivity index (χ0n) is 11.0. The van der Waals surface area contributed by atoms with Gasteiger partial charge in [-0.05, 0) is 63.2 Å². The van der Waals surface area contributed by atoms with E-state index in [9.17, 15) is 4.39 Å². The molecular weight excluding hydrogens is 251 g/mol. The van der Waals surface area contributed by atoms with Gasteiger partial charge in [-0.1, -0.05) is 11.6 Å². The molecule has 4 heteroatoms. The van der Waals surface area contributed by atoms with E-state index in [1.54, 1.807) is 19.1 Å². The molecule has 2 nitrogen and oxygen atoms in total. The average molecular weight is 271 g/mol. The van der Waals surface area contributed by atoms with E-state index in [4.69, 9.17) is 11.6 Å². The van der Waals surface area contributed by atoms with Crippen molar-refractivity contribution in [1.82, 2.24) is 10.2 Å². The second-order valence-corrected chi connectivity index (χ2v) is 5.50. The van der Waals surface area contributed by atoms with Crippen LogP contribution in [-0.4, -0.2) is 31.1 Å². The summed E-state index contributed by atoms with van der Waals surface area (Å²) in [4.78, 5) is 2.27. The predicted octanol–water partition coefficient (Wildman–Crippen LogP) is 2.97. The Bertz CT molecular complexity index is 417. The molecule has 1 saturated heterocycles. The Morgan fingerprint density at radius 1 is 1.39 bits per heavy atom. The molecule has 1 N–H and O–H groups in total. The van der Waals surface area contributed by atoms with Crippen LogP contribution in [0.5, 0.6) is 0 Å². The molecule has 0 saturated carbocycles. The molecule has 100 valence electrons. The third-order valence-electron chi connectivity index (χ3n) is 3.68. The Labute approximate surface area is 113 Å². The number of nitrogens with zero attached hydrogens (tertiary/aromatic N) is 1. The number of rotatable bonds is 3. The van der Waals surface area contributed by atoms with Crippen LogP contribution in [0.2, 0.25) is 5.02 Å². The molecule has 0 aromatic heterocycles. The fourth-order valence-electron chi connectivity index (χ4n) is 2.45. The van der Waals surface area contributed by atoms with Crippen LogP contribution in [0.15, 0.2) is 12.1 Å². The Hall–Kier alpha value is -0.640. The van der Waals surface area contributed by atoms with E-state index in [2.05, 4.69) is 17.3 Å². The molecule has 18 heavy (non-hydrogen) atoms. The maximum Gasteiger partial charge on any atom is 0.126 e. The van der Waals surface area contributed by atoms with Gasteiger partial charge in [0.15, 0.2) is 0 Å². The molecule has 0 bridgehead atoms. The van der Waals surface area contributed by atoms with Gasteiger partial charge in [-0.15, -0.1) is 0 Å². The van der Waals surface area contributed by atoms with Crippen LogP contribution in [-0.2, 0) is 6.54 Å². The van der Waals surface area contributed by atoms with Crippen LogP contribution in [0.1, 0.15) is 24.0 Å². The maximum atomic E-state index is 13.6. The van der Waals surface area contributed by atoms with Crippen molar-refractivity contribution in [2.24, 2.45) is 0 Å². The zero-order chi connectivity index (χ0) is 13.1. The summed E-state index contributed by atoms with van der Waals surface area (Å²) in [6, 6.07) is 3.84. The van der Waals surface area contributed by atoms with Crippen molar-refractivity contribution < 1.29 is 4.39 Å². The highest BCUT2D eigenvalue weighted by Crippen LogP contribution is 2.23. The van der Waals surface area contributed by atoms with Gasteiger partial charge in [0, 0.05) is 17.6 Å². The fourth-order valence-corrected chi connectivity index (χ4v) is 2.73. The summed E-state index contributed by atoms with van der Waals surface area (Å²) in [5.41, 5.74) is 1.48. The van der Waals surface area contributed by atoms with Crippen molar-refractivity contribution in [2.45, 2.75) is 32.4 Å². The summed E-state index contributed by atoms with van der Waals surface area (Å²) >= 11 is 6.18. The van der Waals surface area contributed by atoms with Crippen molar-refractivity contribution >= 4 is 11.6 Å². The number of hydrogen-bond donors (Lipinski definition) is 1. The Morgan fingerprint density at radius 3 is 2.72 bits per heavy atom.